The number of hydrogen-bond acceptors (Lipinski definition) is 8. The van der Waals surface area contributed by atoms with E-state index in [2.05, 4.69) is 25.9 Å². The first-order chi connectivity index (χ1) is 16.4. The Morgan fingerprint density at radius 3 is 2.63 bits per heavy atom. The van der Waals surface area contributed by atoms with Crippen LogP contribution in [0.5, 0.6) is 5.88 Å². The molecule has 2 aromatic heterocycles. The summed E-state index contributed by atoms with van der Waals surface area (Å²) in [6.07, 6.45) is 9.92. The van der Waals surface area contributed by atoms with Gasteiger partial charge in [-0.25, -0.2) is 19.3 Å². The first-order valence-corrected chi connectivity index (χ1v) is 11.4. The van der Waals surface area contributed by atoms with Crippen LogP contribution in [0.2, 0.25) is 0 Å². The number of amidine groups is 1. The van der Waals surface area contributed by atoms with Crippen molar-refractivity contribution < 1.29 is 18.3 Å². The molecule has 2 aromatic rings. The summed E-state index contributed by atoms with van der Waals surface area (Å²) in [5.74, 6) is 0.299. The second-order valence-corrected chi connectivity index (χ2v) is 10.0. The number of halogens is 2. The Morgan fingerprint density at radius 2 is 2.03 bits per heavy atom. The van der Waals surface area contributed by atoms with E-state index < -0.39 is 28.0 Å². The lowest BCUT2D eigenvalue weighted by Gasteiger charge is -2.47. The SMILES string of the molecule is C#CCOc1cnc(/C(F)=C/c2cnc(F)c([C@@]3(C)N=C(N)S[C@](C)(C(=O)N(C)C)[C@H]3C)c2)cn1. The van der Waals surface area contributed by atoms with Gasteiger partial charge in [-0.05, 0) is 31.6 Å². The fourth-order valence-electron chi connectivity index (χ4n) is 3.90. The molecule has 3 heterocycles. The fourth-order valence-corrected chi connectivity index (χ4v) is 5.25. The summed E-state index contributed by atoms with van der Waals surface area (Å²) in [6, 6.07) is 1.45. The number of carbonyl (C=O) groups is 1. The highest BCUT2D eigenvalue weighted by Crippen LogP contribution is 2.50. The third kappa shape index (κ3) is 5.12. The molecule has 1 aliphatic rings. The summed E-state index contributed by atoms with van der Waals surface area (Å²) in [4.78, 5) is 30.8. The van der Waals surface area contributed by atoms with E-state index in [0.717, 1.165) is 17.8 Å². The van der Waals surface area contributed by atoms with Gasteiger partial charge in [-0.1, -0.05) is 24.6 Å². The Labute approximate surface area is 207 Å². The molecule has 8 nitrogen and oxygen atoms in total. The van der Waals surface area contributed by atoms with Crippen LogP contribution in [0, 0.1) is 24.2 Å². The topological polar surface area (TPSA) is 107 Å². The molecule has 3 atom stereocenters. The van der Waals surface area contributed by atoms with Gasteiger partial charge in [0.25, 0.3) is 0 Å². The minimum atomic E-state index is -1.23. The predicted molar refractivity (Wildman–Crippen MR) is 132 cm³/mol. The van der Waals surface area contributed by atoms with Gasteiger partial charge < -0.3 is 15.4 Å². The third-order valence-corrected chi connectivity index (χ3v) is 7.29. The molecule has 0 saturated heterocycles. The number of ether oxygens (including phenoxy) is 1. The van der Waals surface area contributed by atoms with Crippen LogP contribution >= 0.6 is 11.8 Å². The number of aromatic nitrogens is 3. The van der Waals surface area contributed by atoms with Gasteiger partial charge in [0.1, 0.15) is 10.4 Å². The monoisotopic (exact) mass is 500 g/mol. The van der Waals surface area contributed by atoms with Crippen LogP contribution in [0.15, 0.2) is 29.6 Å². The summed E-state index contributed by atoms with van der Waals surface area (Å²) in [5, 5.41) is 0.150. The summed E-state index contributed by atoms with van der Waals surface area (Å²) >= 11 is 1.14. The second kappa shape index (κ2) is 10.00. The summed E-state index contributed by atoms with van der Waals surface area (Å²) in [7, 11) is 3.29. The third-order valence-electron chi connectivity index (χ3n) is 6.03. The summed E-state index contributed by atoms with van der Waals surface area (Å²) < 4.78 is 34.0. The lowest BCUT2D eigenvalue weighted by molar-refractivity contribution is -0.132. The van der Waals surface area contributed by atoms with Gasteiger partial charge in [0.05, 0.1) is 17.9 Å². The van der Waals surface area contributed by atoms with Gasteiger partial charge >= 0.3 is 0 Å². The molecule has 0 unspecified atom stereocenters. The van der Waals surface area contributed by atoms with Crippen molar-refractivity contribution in [3.63, 3.8) is 0 Å². The van der Waals surface area contributed by atoms with Gasteiger partial charge in [-0.2, -0.15) is 4.39 Å². The molecule has 0 radical (unpaired) electrons. The number of nitrogens with two attached hydrogens (primary N) is 1. The number of aliphatic imine (C=N–C) groups is 1. The number of nitrogens with zero attached hydrogens (tertiary/aromatic N) is 5. The molecule has 184 valence electrons. The predicted octanol–water partition coefficient (Wildman–Crippen LogP) is 3.25. The molecule has 11 heteroatoms. The Balaban J connectivity index is 2.00. The van der Waals surface area contributed by atoms with Crippen molar-refractivity contribution in [2.75, 3.05) is 20.7 Å². The van der Waals surface area contributed by atoms with Crippen molar-refractivity contribution in [1.29, 1.82) is 0 Å². The normalized spacial score (nSPS) is 24.3. The molecule has 2 N–H and O–H groups in total. The van der Waals surface area contributed by atoms with E-state index in [0.29, 0.717) is 0 Å². The number of hydrogen-bond donors (Lipinski definition) is 1. The molecule has 0 spiro atoms. The second-order valence-electron chi connectivity index (χ2n) is 8.56. The van der Waals surface area contributed by atoms with Gasteiger partial charge in [0.15, 0.2) is 17.6 Å². The minimum Gasteiger partial charge on any atom is -0.463 e. The number of pyridine rings is 1. The zero-order chi connectivity index (χ0) is 26.0. The molecule has 0 aromatic carbocycles. The van der Waals surface area contributed by atoms with Crippen LogP contribution in [-0.2, 0) is 10.3 Å². The van der Waals surface area contributed by atoms with Crippen LogP contribution in [0.3, 0.4) is 0 Å². The molecule has 1 aliphatic heterocycles. The number of amides is 1. The Bertz CT molecular complexity index is 1230. The number of rotatable bonds is 6. The first-order valence-electron chi connectivity index (χ1n) is 10.6. The van der Waals surface area contributed by atoms with Gasteiger partial charge in [0, 0.05) is 31.8 Å². The highest BCUT2D eigenvalue weighted by Gasteiger charge is 2.54. The van der Waals surface area contributed by atoms with Gasteiger partial charge in [0.2, 0.25) is 17.7 Å². The Morgan fingerprint density at radius 1 is 1.31 bits per heavy atom. The molecule has 35 heavy (non-hydrogen) atoms. The van der Waals surface area contributed by atoms with Crippen molar-refractivity contribution in [2.24, 2.45) is 16.6 Å². The van der Waals surface area contributed by atoms with Crippen molar-refractivity contribution in [1.82, 2.24) is 19.9 Å². The highest BCUT2D eigenvalue weighted by atomic mass is 32.2. The summed E-state index contributed by atoms with van der Waals surface area (Å²) in [6.45, 7) is 5.27. The van der Waals surface area contributed by atoms with Crippen molar-refractivity contribution >= 4 is 34.7 Å². The first kappa shape index (κ1) is 26.1. The number of terminal acetylenes is 1. The quantitative estimate of drug-likeness (QED) is 0.479. The van der Waals surface area contributed by atoms with Crippen LogP contribution in [-0.4, -0.2) is 56.4 Å². The highest BCUT2D eigenvalue weighted by molar-refractivity contribution is 8.15. The van der Waals surface area contributed by atoms with E-state index in [9.17, 15) is 9.18 Å². The molecule has 1 amide bonds. The lowest BCUT2D eigenvalue weighted by Crippen LogP contribution is -2.56. The molecular weight excluding hydrogens is 474 g/mol. The maximum absolute atomic E-state index is 15.0. The van der Waals surface area contributed by atoms with Crippen molar-refractivity contribution in [3.05, 3.63) is 47.4 Å². The Kier molecular flexibility index (Phi) is 7.45. The molecule has 0 aliphatic carbocycles. The fraction of sp³-hybridized carbons (Fsp3) is 0.375. The van der Waals surface area contributed by atoms with Crippen molar-refractivity contribution in [2.45, 2.75) is 31.1 Å². The van der Waals surface area contributed by atoms with Crippen LogP contribution in [0.1, 0.15) is 37.6 Å². The van der Waals surface area contributed by atoms with Crippen LogP contribution in [0.25, 0.3) is 11.9 Å². The molecule has 0 bridgehead atoms. The standard InChI is InChI=1S/C24H26F2N6O2S/c1-7-8-34-19-13-28-18(12-29-19)17(25)10-15-9-16(20(26)30-11-15)23(3)14(2)24(4,21(33)32(5)6)35-22(27)31-23/h1,9-14H,8H2,2-6H3,(H2,27,31)/b17-10-/t14-,23-,24-/m0/s1. The number of carbonyl (C=O) groups excluding carboxylic acids is 1. The minimum absolute atomic E-state index is 0.0122. The van der Waals surface area contributed by atoms with Crippen LogP contribution in [0.4, 0.5) is 8.78 Å². The van der Waals surface area contributed by atoms with Crippen molar-refractivity contribution in [3.8, 4) is 18.2 Å². The average molecular weight is 501 g/mol. The van der Waals surface area contributed by atoms with E-state index in [1.807, 2.05) is 6.92 Å². The van der Waals surface area contributed by atoms with E-state index in [1.165, 1.54) is 29.6 Å². The van der Waals surface area contributed by atoms with E-state index in [1.54, 1.807) is 27.9 Å². The van der Waals surface area contributed by atoms with Gasteiger partial charge in [-0.3, -0.25) is 9.79 Å². The Hall–Kier alpha value is -3.52. The van der Waals surface area contributed by atoms with E-state index in [4.69, 9.17) is 16.9 Å². The molecule has 3 rings (SSSR count). The molecule has 0 saturated carbocycles. The summed E-state index contributed by atoms with van der Waals surface area (Å²) in [5.41, 5.74) is 5.18. The average Bonchev–Trinajstić information content (AvgIpc) is 2.82. The van der Waals surface area contributed by atoms with E-state index >= 15 is 4.39 Å². The molecular formula is C24H26F2N6O2S. The molecule has 0 fully saturated rings. The lowest BCUT2D eigenvalue weighted by atomic mass is 9.73. The smallest absolute Gasteiger partial charge is 0.238 e. The van der Waals surface area contributed by atoms with E-state index in [-0.39, 0.29) is 40.4 Å². The number of thioether (sulfide) groups is 1. The zero-order valence-corrected chi connectivity index (χ0v) is 20.9. The van der Waals surface area contributed by atoms with Crippen LogP contribution < -0.4 is 10.5 Å². The largest absolute Gasteiger partial charge is 0.463 e. The maximum atomic E-state index is 15.0. The maximum Gasteiger partial charge on any atom is 0.238 e. The zero-order valence-electron chi connectivity index (χ0n) is 20.0. The van der Waals surface area contributed by atoms with Gasteiger partial charge in [-0.15, -0.1) is 6.42 Å².